The van der Waals surface area contributed by atoms with Crippen LogP contribution in [0.25, 0.3) is 11.0 Å². The highest BCUT2D eigenvalue weighted by Gasteiger charge is 2.11. The number of amides is 2. The summed E-state index contributed by atoms with van der Waals surface area (Å²) in [6.45, 7) is 2.42. The zero-order chi connectivity index (χ0) is 15.5. The van der Waals surface area contributed by atoms with Crippen LogP contribution in [0.2, 0.25) is 0 Å². The number of nitrogens with zero attached hydrogens (tertiary/aromatic N) is 2. The van der Waals surface area contributed by atoms with Crippen molar-refractivity contribution in [3.8, 4) is 0 Å². The van der Waals surface area contributed by atoms with E-state index in [1.54, 1.807) is 11.9 Å². The molecule has 0 unspecified atom stereocenters. The average Bonchev–Trinajstić information content (AvgIpc) is 2.92. The summed E-state index contributed by atoms with van der Waals surface area (Å²) in [7, 11) is 1.75. The van der Waals surface area contributed by atoms with Gasteiger partial charge in [0.1, 0.15) is 5.82 Å². The molecule has 2 N–H and O–H groups in total. The molecule has 22 heavy (non-hydrogen) atoms. The Balaban J connectivity index is 1.71. The minimum atomic E-state index is -0.139. The fourth-order valence-electron chi connectivity index (χ4n) is 2.34. The molecular formula is C17H18N4O. The van der Waals surface area contributed by atoms with Gasteiger partial charge in [-0.05, 0) is 30.7 Å². The van der Waals surface area contributed by atoms with Crippen LogP contribution in [0.5, 0.6) is 0 Å². The van der Waals surface area contributed by atoms with Gasteiger partial charge in [0.25, 0.3) is 0 Å². The minimum absolute atomic E-state index is 0.139. The summed E-state index contributed by atoms with van der Waals surface area (Å²) in [5, 5.41) is 2.91. The number of aryl methyl sites for hydroxylation is 1. The molecule has 3 rings (SSSR count). The lowest BCUT2D eigenvalue weighted by Crippen LogP contribution is -2.36. The number of benzene rings is 2. The molecule has 112 valence electrons. The molecule has 0 fully saturated rings. The van der Waals surface area contributed by atoms with Crippen LogP contribution in [0.1, 0.15) is 11.4 Å². The van der Waals surface area contributed by atoms with Crippen molar-refractivity contribution in [2.45, 2.75) is 13.5 Å². The largest absolute Gasteiger partial charge is 0.342 e. The molecule has 0 saturated carbocycles. The highest BCUT2D eigenvalue weighted by Crippen LogP contribution is 2.19. The van der Waals surface area contributed by atoms with E-state index in [0.29, 0.717) is 6.54 Å². The maximum Gasteiger partial charge on any atom is 0.321 e. The molecule has 0 radical (unpaired) electrons. The van der Waals surface area contributed by atoms with Crippen molar-refractivity contribution < 1.29 is 4.79 Å². The maximum absolute atomic E-state index is 12.2. The van der Waals surface area contributed by atoms with Crippen LogP contribution in [-0.2, 0) is 6.54 Å². The number of carbonyl (C=O) groups excluding carboxylic acids is 1. The Morgan fingerprint density at radius 2 is 2.00 bits per heavy atom. The molecule has 3 aromatic rings. The van der Waals surface area contributed by atoms with Crippen LogP contribution in [-0.4, -0.2) is 23.0 Å². The monoisotopic (exact) mass is 294 g/mol. The van der Waals surface area contributed by atoms with Gasteiger partial charge in [-0.1, -0.05) is 30.3 Å². The number of rotatable bonds is 3. The summed E-state index contributed by atoms with van der Waals surface area (Å²) in [6, 6.07) is 15.4. The second kappa shape index (κ2) is 5.89. The lowest BCUT2D eigenvalue weighted by Gasteiger charge is -2.18. The molecule has 0 spiro atoms. The topological polar surface area (TPSA) is 61.0 Å². The normalized spacial score (nSPS) is 10.6. The Hall–Kier alpha value is -2.82. The Morgan fingerprint density at radius 3 is 2.77 bits per heavy atom. The third kappa shape index (κ3) is 2.93. The number of imidazole rings is 1. The average molecular weight is 294 g/mol. The molecule has 0 aliphatic heterocycles. The first kappa shape index (κ1) is 14.1. The Kier molecular flexibility index (Phi) is 3.78. The first-order valence-corrected chi connectivity index (χ1v) is 7.15. The quantitative estimate of drug-likeness (QED) is 0.779. The van der Waals surface area contributed by atoms with Gasteiger partial charge in [-0.2, -0.15) is 0 Å². The lowest BCUT2D eigenvalue weighted by atomic mass is 10.2. The lowest BCUT2D eigenvalue weighted by molar-refractivity contribution is 0.247. The van der Waals surface area contributed by atoms with Gasteiger partial charge in [0.2, 0.25) is 0 Å². The molecule has 1 heterocycles. The van der Waals surface area contributed by atoms with Crippen LogP contribution >= 0.6 is 0 Å². The molecule has 0 atom stereocenters. The fourth-order valence-corrected chi connectivity index (χ4v) is 2.34. The second-order valence-corrected chi connectivity index (χ2v) is 5.23. The number of H-pyrrole nitrogens is 1. The predicted octanol–water partition coefficient (Wildman–Crippen LogP) is 3.22. The number of urea groups is 1. The fraction of sp³-hybridized carbons (Fsp3) is 0.176. The smallest absolute Gasteiger partial charge is 0.321 e. The Bertz CT molecular complexity index is 795. The van der Waals surface area contributed by atoms with Gasteiger partial charge in [0, 0.05) is 19.3 Å². The number of hydrogen-bond acceptors (Lipinski definition) is 2. The SMILES string of the molecule is Cc1nc2ccc(N(C)C(=O)NCc3ccccc3)cc2[nH]1. The molecule has 5 heteroatoms. The van der Waals surface area contributed by atoms with Crippen molar-refractivity contribution in [2.24, 2.45) is 0 Å². The third-order valence-corrected chi connectivity index (χ3v) is 3.56. The summed E-state index contributed by atoms with van der Waals surface area (Å²) in [6.07, 6.45) is 0. The van der Waals surface area contributed by atoms with Crippen molar-refractivity contribution in [1.29, 1.82) is 0 Å². The number of aromatic nitrogens is 2. The Morgan fingerprint density at radius 1 is 1.23 bits per heavy atom. The van der Waals surface area contributed by atoms with Gasteiger partial charge >= 0.3 is 6.03 Å². The molecule has 2 aromatic carbocycles. The molecule has 0 aliphatic carbocycles. The van der Waals surface area contributed by atoms with Gasteiger partial charge in [0.05, 0.1) is 11.0 Å². The molecule has 1 aromatic heterocycles. The van der Waals surface area contributed by atoms with Gasteiger partial charge in [-0.25, -0.2) is 9.78 Å². The minimum Gasteiger partial charge on any atom is -0.342 e. The number of nitrogens with one attached hydrogen (secondary N) is 2. The predicted molar refractivity (Wildman–Crippen MR) is 87.9 cm³/mol. The van der Waals surface area contributed by atoms with E-state index in [0.717, 1.165) is 28.1 Å². The van der Waals surface area contributed by atoms with E-state index in [1.807, 2.05) is 55.5 Å². The van der Waals surface area contributed by atoms with Crippen molar-refractivity contribution in [3.63, 3.8) is 0 Å². The standard InChI is InChI=1S/C17H18N4O/c1-12-19-15-9-8-14(10-16(15)20-12)21(2)17(22)18-11-13-6-4-3-5-7-13/h3-10H,11H2,1-2H3,(H,18,22)(H,19,20). The summed E-state index contributed by atoms with van der Waals surface area (Å²) in [5.41, 5.74) is 3.72. The second-order valence-electron chi connectivity index (χ2n) is 5.23. The highest BCUT2D eigenvalue weighted by molar-refractivity contribution is 5.93. The highest BCUT2D eigenvalue weighted by atomic mass is 16.2. The first-order valence-electron chi connectivity index (χ1n) is 7.15. The zero-order valence-electron chi connectivity index (χ0n) is 12.6. The van der Waals surface area contributed by atoms with E-state index in [2.05, 4.69) is 15.3 Å². The summed E-state index contributed by atoms with van der Waals surface area (Å²) >= 11 is 0. The summed E-state index contributed by atoms with van der Waals surface area (Å²) in [4.78, 5) is 21.4. The Labute approximate surface area is 129 Å². The van der Waals surface area contributed by atoms with Crippen LogP contribution in [0.3, 0.4) is 0 Å². The van der Waals surface area contributed by atoms with Crippen LogP contribution in [0, 0.1) is 6.92 Å². The van der Waals surface area contributed by atoms with Crippen molar-refractivity contribution in [2.75, 3.05) is 11.9 Å². The molecule has 0 saturated heterocycles. The first-order chi connectivity index (χ1) is 10.6. The zero-order valence-corrected chi connectivity index (χ0v) is 12.6. The molecular weight excluding hydrogens is 276 g/mol. The summed E-state index contributed by atoms with van der Waals surface area (Å²) in [5.74, 6) is 0.864. The number of fused-ring (bicyclic) bond motifs is 1. The van der Waals surface area contributed by atoms with Crippen molar-refractivity contribution >= 4 is 22.8 Å². The number of carbonyl (C=O) groups is 1. The van der Waals surface area contributed by atoms with E-state index < -0.39 is 0 Å². The van der Waals surface area contributed by atoms with E-state index in [-0.39, 0.29) is 6.03 Å². The molecule has 0 bridgehead atoms. The van der Waals surface area contributed by atoms with Gasteiger partial charge in [-0.15, -0.1) is 0 Å². The van der Waals surface area contributed by atoms with E-state index in [9.17, 15) is 4.79 Å². The number of anilines is 1. The summed E-state index contributed by atoms with van der Waals surface area (Å²) < 4.78 is 0. The van der Waals surface area contributed by atoms with Gasteiger partial charge < -0.3 is 10.3 Å². The third-order valence-electron chi connectivity index (χ3n) is 3.56. The van der Waals surface area contributed by atoms with Crippen molar-refractivity contribution in [3.05, 3.63) is 59.9 Å². The van der Waals surface area contributed by atoms with E-state index >= 15 is 0 Å². The van der Waals surface area contributed by atoms with Crippen LogP contribution in [0.15, 0.2) is 48.5 Å². The van der Waals surface area contributed by atoms with E-state index in [4.69, 9.17) is 0 Å². The number of hydrogen-bond donors (Lipinski definition) is 2. The molecule has 5 nitrogen and oxygen atoms in total. The molecule has 2 amide bonds. The number of aromatic amines is 1. The maximum atomic E-state index is 12.2. The van der Waals surface area contributed by atoms with Gasteiger partial charge in [0.15, 0.2) is 0 Å². The van der Waals surface area contributed by atoms with E-state index in [1.165, 1.54) is 0 Å². The molecule has 0 aliphatic rings. The van der Waals surface area contributed by atoms with Crippen LogP contribution in [0.4, 0.5) is 10.5 Å². The van der Waals surface area contributed by atoms with Crippen molar-refractivity contribution in [1.82, 2.24) is 15.3 Å². The van der Waals surface area contributed by atoms with Gasteiger partial charge in [-0.3, -0.25) is 4.90 Å². The van der Waals surface area contributed by atoms with Crippen LogP contribution < -0.4 is 10.2 Å².